The Kier molecular flexibility index (Phi) is 2.79. The van der Waals surface area contributed by atoms with E-state index in [1.165, 1.54) is 7.11 Å². The van der Waals surface area contributed by atoms with E-state index in [1.807, 2.05) is 25.1 Å². The fourth-order valence-electron chi connectivity index (χ4n) is 2.45. The predicted octanol–water partition coefficient (Wildman–Crippen LogP) is 2.83. The van der Waals surface area contributed by atoms with Crippen LogP contribution in [0.1, 0.15) is 21.5 Å². The zero-order valence-corrected chi connectivity index (χ0v) is 11.2. The number of Topliss-reactive ketones (excluding diaryl/α,β-unsaturated/α-hetero) is 1. The molecule has 1 heterocycles. The second-order valence-corrected chi connectivity index (χ2v) is 4.70. The number of benzene rings is 2. The average molecular weight is 267 g/mol. The van der Waals surface area contributed by atoms with Gasteiger partial charge < -0.3 is 9.94 Å². The van der Waals surface area contributed by atoms with Crippen LogP contribution in [0.25, 0.3) is 0 Å². The number of rotatable bonds is 2. The van der Waals surface area contributed by atoms with Crippen LogP contribution in [0.15, 0.2) is 42.5 Å². The molecule has 0 aromatic heterocycles. The minimum Gasteiger partial charge on any atom is -0.618 e. The molecule has 0 N–H and O–H groups in total. The summed E-state index contributed by atoms with van der Waals surface area (Å²) in [6, 6.07) is 12.4. The third-order valence-electron chi connectivity index (χ3n) is 3.38. The average Bonchev–Trinajstić information content (AvgIpc) is 2.71. The predicted molar refractivity (Wildman–Crippen MR) is 75.9 cm³/mol. The molecule has 0 saturated carbocycles. The van der Waals surface area contributed by atoms with Crippen molar-refractivity contribution in [2.45, 2.75) is 6.92 Å². The highest BCUT2D eigenvalue weighted by molar-refractivity contribution is 6.52. The van der Waals surface area contributed by atoms with Crippen LogP contribution in [0.4, 0.5) is 5.69 Å². The lowest BCUT2D eigenvalue weighted by molar-refractivity contribution is -0.356. The largest absolute Gasteiger partial charge is 0.618 e. The Morgan fingerprint density at radius 1 is 1.15 bits per heavy atom. The zero-order valence-electron chi connectivity index (χ0n) is 11.2. The van der Waals surface area contributed by atoms with E-state index in [0.29, 0.717) is 21.6 Å². The third kappa shape index (κ3) is 1.69. The molecule has 0 bridgehead atoms. The summed E-state index contributed by atoms with van der Waals surface area (Å²) in [4.78, 5) is 12.5. The van der Waals surface area contributed by atoms with Crippen molar-refractivity contribution in [1.29, 1.82) is 0 Å². The Bertz CT molecular complexity index is 747. The van der Waals surface area contributed by atoms with E-state index < -0.39 is 0 Å². The Morgan fingerprint density at radius 3 is 2.60 bits per heavy atom. The summed E-state index contributed by atoms with van der Waals surface area (Å²) in [5, 5.41) is 12.5. The molecule has 0 saturated heterocycles. The number of ether oxygens (including phenoxy) is 1. The molecule has 0 fully saturated rings. The van der Waals surface area contributed by atoms with Gasteiger partial charge in [-0.1, -0.05) is 23.8 Å². The Hall–Kier alpha value is -2.62. The highest BCUT2D eigenvalue weighted by Gasteiger charge is 2.38. The highest BCUT2D eigenvalue weighted by Crippen LogP contribution is 2.36. The standard InChI is InChI=1S/C16H13NO3/c1-10-5-3-6-11(9-10)14-16(18)12-7-4-8-13(20-2)15(12)17(14)19/h3-9H,1-2H3. The number of ketones is 1. The zero-order chi connectivity index (χ0) is 14.3. The lowest BCUT2D eigenvalue weighted by Crippen LogP contribution is -2.16. The molecule has 4 nitrogen and oxygen atoms in total. The van der Waals surface area contributed by atoms with Gasteiger partial charge in [-0.3, -0.25) is 4.79 Å². The first-order chi connectivity index (χ1) is 9.63. The number of methoxy groups -OCH3 is 1. The topological polar surface area (TPSA) is 52.4 Å². The first kappa shape index (κ1) is 12.4. The van der Waals surface area contributed by atoms with Crippen LogP contribution in [0.2, 0.25) is 0 Å². The van der Waals surface area contributed by atoms with Gasteiger partial charge in [-0.05, 0) is 31.2 Å². The maximum absolute atomic E-state index is 12.5. The number of para-hydroxylation sites is 1. The van der Waals surface area contributed by atoms with Crippen molar-refractivity contribution >= 4 is 17.2 Å². The van der Waals surface area contributed by atoms with E-state index in [0.717, 1.165) is 5.56 Å². The number of nitrogens with zero attached hydrogens (tertiary/aromatic N) is 1. The van der Waals surface area contributed by atoms with Crippen molar-refractivity contribution in [3.8, 4) is 5.75 Å². The molecule has 0 amide bonds. The molecule has 20 heavy (non-hydrogen) atoms. The second kappa shape index (κ2) is 4.49. The first-order valence-electron chi connectivity index (χ1n) is 6.26. The van der Waals surface area contributed by atoms with Gasteiger partial charge in [-0.2, -0.15) is 4.74 Å². The molecule has 100 valence electrons. The van der Waals surface area contributed by atoms with Crippen molar-refractivity contribution in [2.75, 3.05) is 7.11 Å². The maximum Gasteiger partial charge on any atom is 0.273 e. The van der Waals surface area contributed by atoms with Crippen molar-refractivity contribution in [1.82, 2.24) is 0 Å². The molecule has 2 aromatic carbocycles. The molecular weight excluding hydrogens is 254 g/mol. The molecule has 4 heteroatoms. The van der Waals surface area contributed by atoms with Crippen LogP contribution in [-0.2, 0) is 0 Å². The summed E-state index contributed by atoms with van der Waals surface area (Å²) in [6.07, 6.45) is 0. The van der Waals surface area contributed by atoms with Gasteiger partial charge in [0.15, 0.2) is 5.75 Å². The maximum atomic E-state index is 12.5. The molecule has 1 aliphatic rings. The Labute approximate surface area is 116 Å². The van der Waals surface area contributed by atoms with Crippen LogP contribution in [0, 0.1) is 12.1 Å². The van der Waals surface area contributed by atoms with E-state index in [2.05, 4.69) is 0 Å². The smallest absolute Gasteiger partial charge is 0.273 e. The number of carbonyl (C=O) groups is 1. The van der Waals surface area contributed by atoms with E-state index >= 15 is 0 Å². The van der Waals surface area contributed by atoms with Crippen LogP contribution in [0.3, 0.4) is 0 Å². The summed E-state index contributed by atoms with van der Waals surface area (Å²) in [6.45, 7) is 1.92. The molecule has 0 spiro atoms. The summed E-state index contributed by atoms with van der Waals surface area (Å²) in [5.74, 6) is 0.146. The van der Waals surface area contributed by atoms with Gasteiger partial charge in [0.05, 0.1) is 12.7 Å². The summed E-state index contributed by atoms with van der Waals surface area (Å²) >= 11 is 0. The third-order valence-corrected chi connectivity index (χ3v) is 3.38. The lowest BCUT2D eigenvalue weighted by atomic mass is 10.0. The van der Waals surface area contributed by atoms with E-state index in [9.17, 15) is 10.0 Å². The van der Waals surface area contributed by atoms with Crippen LogP contribution in [0.5, 0.6) is 5.75 Å². The van der Waals surface area contributed by atoms with Crippen LogP contribution < -0.4 is 4.74 Å². The monoisotopic (exact) mass is 267 g/mol. The van der Waals surface area contributed by atoms with Gasteiger partial charge in [-0.15, -0.1) is 0 Å². The highest BCUT2D eigenvalue weighted by atomic mass is 16.5. The SMILES string of the molecule is COc1cccc2c1[N+]([O-])=C(c1cccc(C)c1)C2=O. The Morgan fingerprint density at radius 2 is 1.90 bits per heavy atom. The van der Waals surface area contributed by atoms with Crippen molar-refractivity contribution < 1.29 is 14.3 Å². The number of hydrogen-bond donors (Lipinski definition) is 0. The fourth-order valence-corrected chi connectivity index (χ4v) is 2.45. The van der Waals surface area contributed by atoms with Crippen molar-refractivity contribution in [3.05, 3.63) is 64.4 Å². The molecular formula is C16H13NO3. The van der Waals surface area contributed by atoms with E-state index in [4.69, 9.17) is 4.74 Å². The molecule has 0 radical (unpaired) electrons. The Balaban J connectivity index is 2.24. The van der Waals surface area contributed by atoms with Gasteiger partial charge in [0, 0.05) is 0 Å². The summed E-state index contributed by atoms with van der Waals surface area (Å²) in [7, 11) is 1.48. The normalized spacial score (nSPS) is 13.6. The fraction of sp³-hybridized carbons (Fsp3) is 0.125. The van der Waals surface area contributed by atoms with Crippen LogP contribution in [-0.4, -0.2) is 23.3 Å². The number of hydrogen-bond acceptors (Lipinski definition) is 3. The minimum absolute atomic E-state index is 0.146. The van der Waals surface area contributed by atoms with Gasteiger partial charge in [0.2, 0.25) is 0 Å². The molecule has 3 rings (SSSR count). The second-order valence-electron chi connectivity index (χ2n) is 4.70. The molecule has 0 unspecified atom stereocenters. The van der Waals surface area contributed by atoms with Gasteiger partial charge in [-0.25, -0.2) is 0 Å². The van der Waals surface area contributed by atoms with Crippen molar-refractivity contribution in [3.63, 3.8) is 0 Å². The van der Waals surface area contributed by atoms with Gasteiger partial charge in [0.1, 0.15) is 5.56 Å². The van der Waals surface area contributed by atoms with E-state index in [-0.39, 0.29) is 17.2 Å². The molecule has 1 aliphatic heterocycles. The van der Waals surface area contributed by atoms with Crippen LogP contribution >= 0.6 is 0 Å². The number of carbonyl (C=O) groups excluding carboxylic acids is 1. The molecule has 0 aliphatic carbocycles. The first-order valence-corrected chi connectivity index (χ1v) is 6.26. The van der Waals surface area contributed by atoms with Crippen molar-refractivity contribution in [2.24, 2.45) is 0 Å². The van der Waals surface area contributed by atoms with E-state index in [1.54, 1.807) is 24.3 Å². The number of aryl methyl sites for hydroxylation is 1. The molecule has 2 aromatic rings. The minimum atomic E-state index is -0.264. The number of fused-ring (bicyclic) bond motifs is 1. The molecule has 0 atom stereocenters. The quantitative estimate of drug-likeness (QED) is 0.621. The summed E-state index contributed by atoms with van der Waals surface area (Å²) in [5.41, 5.74) is 2.45. The van der Waals surface area contributed by atoms with Gasteiger partial charge in [0.25, 0.3) is 17.2 Å². The van der Waals surface area contributed by atoms with Gasteiger partial charge >= 0.3 is 0 Å². The lowest BCUT2D eigenvalue weighted by Gasteiger charge is -2.06. The summed E-state index contributed by atoms with van der Waals surface area (Å²) < 4.78 is 5.85.